The minimum Gasteiger partial charge on any atom is -0.508 e. The summed E-state index contributed by atoms with van der Waals surface area (Å²) in [6.45, 7) is 1.96. The second-order valence-corrected chi connectivity index (χ2v) is 5.20. The van der Waals surface area contributed by atoms with Crippen molar-refractivity contribution in [2.24, 2.45) is 15.5 Å². The number of rotatable bonds is 8. The molecule has 0 spiro atoms. The maximum atomic E-state index is 12.1. The number of anilines is 1. The van der Waals surface area contributed by atoms with E-state index in [2.05, 4.69) is 25.8 Å². The first-order chi connectivity index (χ1) is 12.6. The van der Waals surface area contributed by atoms with Crippen LogP contribution in [0, 0.1) is 0 Å². The lowest BCUT2D eigenvalue weighted by molar-refractivity contribution is -0.144. The van der Waals surface area contributed by atoms with E-state index >= 15 is 0 Å². The Kier molecular flexibility index (Phi) is 6.96. The van der Waals surface area contributed by atoms with Crippen LogP contribution in [0.3, 0.4) is 0 Å². The molecule has 0 radical (unpaired) electrons. The van der Waals surface area contributed by atoms with Gasteiger partial charge in [0.05, 0.1) is 12.3 Å². The second kappa shape index (κ2) is 9.65. The average Bonchev–Trinajstić information content (AvgIpc) is 2.64. The first kappa shape index (κ1) is 18.8. The molecule has 0 bridgehead atoms. The molecule has 1 atom stereocenters. The zero-order valence-electron chi connectivity index (χ0n) is 14.1. The standard InChI is InChI=1S/C17H18N6O3/c1-2-26-17(25)16(11-12-3-9-15(24)10-4-12)21-23-20-14-7-5-13(6-8-14)19-22-18/h3-10,16,24H,2,11H2,1H3,(H,20,21). The molecular formula is C17H18N6O3. The molecule has 0 aliphatic carbocycles. The SMILES string of the molecule is CCOC(=O)C(Cc1ccc(O)cc1)N=NNc1ccc(N=[N+]=[N-])cc1. The molecule has 26 heavy (non-hydrogen) atoms. The zero-order chi connectivity index (χ0) is 18.8. The lowest BCUT2D eigenvalue weighted by Gasteiger charge is -2.10. The van der Waals surface area contributed by atoms with Gasteiger partial charge in [-0.2, -0.15) is 5.11 Å². The van der Waals surface area contributed by atoms with E-state index in [0.29, 0.717) is 17.8 Å². The third-order valence-corrected chi connectivity index (χ3v) is 3.33. The number of phenolic OH excluding ortho intramolecular Hbond substituents is 1. The van der Waals surface area contributed by atoms with Gasteiger partial charge in [0, 0.05) is 17.0 Å². The molecule has 134 valence electrons. The quantitative estimate of drug-likeness (QED) is 0.240. The number of benzene rings is 2. The molecule has 9 nitrogen and oxygen atoms in total. The van der Waals surface area contributed by atoms with Gasteiger partial charge in [-0.25, -0.2) is 4.79 Å². The molecule has 0 amide bonds. The number of carbonyl (C=O) groups is 1. The summed E-state index contributed by atoms with van der Waals surface area (Å²) in [6.07, 6.45) is 0.292. The maximum Gasteiger partial charge on any atom is 0.333 e. The summed E-state index contributed by atoms with van der Waals surface area (Å²) >= 11 is 0. The Labute approximate surface area is 149 Å². The molecule has 2 N–H and O–H groups in total. The lowest BCUT2D eigenvalue weighted by Crippen LogP contribution is -2.24. The summed E-state index contributed by atoms with van der Waals surface area (Å²) in [6, 6.07) is 12.3. The highest BCUT2D eigenvalue weighted by molar-refractivity contribution is 5.76. The molecule has 0 aromatic heterocycles. The zero-order valence-corrected chi connectivity index (χ0v) is 14.1. The normalized spacial score (nSPS) is 11.6. The molecule has 0 heterocycles. The fourth-order valence-corrected chi connectivity index (χ4v) is 2.08. The van der Waals surface area contributed by atoms with Gasteiger partial charge in [0.1, 0.15) is 5.75 Å². The number of carbonyl (C=O) groups excluding carboxylic acids is 1. The largest absolute Gasteiger partial charge is 0.508 e. The van der Waals surface area contributed by atoms with Gasteiger partial charge in [0.2, 0.25) is 0 Å². The Bertz CT molecular complexity index is 798. The van der Waals surface area contributed by atoms with Crippen molar-refractivity contribution in [2.45, 2.75) is 19.4 Å². The molecule has 2 rings (SSSR count). The van der Waals surface area contributed by atoms with Gasteiger partial charge in [-0.15, -0.1) is 0 Å². The van der Waals surface area contributed by atoms with Crippen LogP contribution in [0.25, 0.3) is 10.4 Å². The van der Waals surface area contributed by atoms with Gasteiger partial charge in [0.25, 0.3) is 0 Å². The van der Waals surface area contributed by atoms with Gasteiger partial charge in [0.15, 0.2) is 6.04 Å². The fourth-order valence-electron chi connectivity index (χ4n) is 2.08. The van der Waals surface area contributed by atoms with E-state index in [1.807, 2.05) is 0 Å². The fraction of sp³-hybridized carbons (Fsp3) is 0.235. The van der Waals surface area contributed by atoms with Crippen LogP contribution in [0.1, 0.15) is 12.5 Å². The van der Waals surface area contributed by atoms with Crippen LogP contribution in [0.2, 0.25) is 0 Å². The Morgan fingerprint density at radius 3 is 2.54 bits per heavy atom. The van der Waals surface area contributed by atoms with Crippen molar-refractivity contribution in [3.63, 3.8) is 0 Å². The summed E-state index contributed by atoms with van der Waals surface area (Å²) in [5.74, 6) is -0.335. The summed E-state index contributed by atoms with van der Waals surface area (Å²) in [7, 11) is 0. The Hall–Kier alpha value is -3.58. The minimum absolute atomic E-state index is 0.147. The average molecular weight is 354 g/mol. The van der Waals surface area contributed by atoms with Crippen LogP contribution in [0.15, 0.2) is 64.0 Å². The molecule has 9 heteroatoms. The molecule has 0 aliphatic rings. The van der Waals surface area contributed by atoms with Crippen molar-refractivity contribution in [1.82, 2.24) is 0 Å². The third kappa shape index (κ3) is 5.81. The van der Waals surface area contributed by atoms with Crippen molar-refractivity contribution in [1.29, 1.82) is 0 Å². The predicted octanol–water partition coefficient (Wildman–Crippen LogP) is 4.29. The van der Waals surface area contributed by atoms with E-state index in [1.54, 1.807) is 43.3 Å². The molecule has 2 aromatic rings. The number of nitrogens with one attached hydrogen (secondary N) is 1. The Morgan fingerprint density at radius 2 is 1.92 bits per heavy atom. The van der Waals surface area contributed by atoms with Crippen molar-refractivity contribution < 1.29 is 14.6 Å². The summed E-state index contributed by atoms with van der Waals surface area (Å²) in [5, 5.41) is 20.7. The number of esters is 1. The van der Waals surface area contributed by atoms with Crippen molar-refractivity contribution in [3.05, 3.63) is 64.5 Å². The summed E-state index contributed by atoms with van der Waals surface area (Å²) in [4.78, 5) is 14.8. The van der Waals surface area contributed by atoms with Crippen molar-refractivity contribution in [3.8, 4) is 5.75 Å². The molecule has 2 aromatic carbocycles. The first-order valence-electron chi connectivity index (χ1n) is 7.88. The predicted molar refractivity (Wildman–Crippen MR) is 96.0 cm³/mol. The molecule has 0 saturated heterocycles. The number of azide groups is 1. The first-order valence-corrected chi connectivity index (χ1v) is 7.88. The van der Waals surface area contributed by atoms with Gasteiger partial charge in [-0.05, 0) is 42.3 Å². The van der Waals surface area contributed by atoms with Crippen LogP contribution in [0.5, 0.6) is 5.75 Å². The van der Waals surface area contributed by atoms with Gasteiger partial charge in [-0.3, -0.25) is 5.43 Å². The summed E-state index contributed by atoms with van der Waals surface area (Å²) < 4.78 is 5.03. The molecule has 0 saturated carbocycles. The van der Waals surface area contributed by atoms with E-state index in [4.69, 9.17) is 10.3 Å². The van der Waals surface area contributed by atoms with E-state index < -0.39 is 12.0 Å². The van der Waals surface area contributed by atoms with Crippen LogP contribution in [-0.2, 0) is 16.0 Å². The third-order valence-electron chi connectivity index (χ3n) is 3.33. The smallest absolute Gasteiger partial charge is 0.333 e. The summed E-state index contributed by atoms with van der Waals surface area (Å²) in [5.41, 5.74) is 13.0. The highest BCUT2D eigenvalue weighted by Crippen LogP contribution is 2.17. The van der Waals surface area contributed by atoms with E-state index in [0.717, 1.165) is 5.56 Å². The van der Waals surface area contributed by atoms with Crippen LogP contribution < -0.4 is 5.43 Å². The number of hydrogen-bond acceptors (Lipinski definition) is 6. The Balaban J connectivity index is 2.04. The van der Waals surface area contributed by atoms with Crippen molar-refractivity contribution >= 4 is 17.3 Å². The maximum absolute atomic E-state index is 12.1. The number of phenols is 1. The number of hydrogen-bond donors (Lipinski definition) is 2. The van der Waals surface area contributed by atoms with Crippen LogP contribution >= 0.6 is 0 Å². The topological polar surface area (TPSA) is 132 Å². The van der Waals surface area contributed by atoms with Gasteiger partial charge >= 0.3 is 5.97 Å². The molecule has 1 unspecified atom stereocenters. The molecular weight excluding hydrogens is 336 g/mol. The van der Waals surface area contributed by atoms with E-state index in [9.17, 15) is 9.90 Å². The highest BCUT2D eigenvalue weighted by Gasteiger charge is 2.20. The van der Waals surface area contributed by atoms with Crippen LogP contribution in [-0.4, -0.2) is 23.7 Å². The molecule has 0 aliphatic heterocycles. The molecule has 0 fully saturated rings. The lowest BCUT2D eigenvalue weighted by atomic mass is 10.1. The Morgan fingerprint density at radius 1 is 1.23 bits per heavy atom. The van der Waals surface area contributed by atoms with Gasteiger partial charge < -0.3 is 9.84 Å². The van der Waals surface area contributed by atoms with Gasteiger partial charge in [-0.1, -0.05) is 34.6 Å². The monoisotopic (exact) mass is 354 g/mol. The van der Waals surface area contributed by atoms with E-state index in [1.165, 1.54) is 12.1 Å². The number of aromatic hydroxyl groups is 1. The second-order valence-electron chi connectivity index (χ2n) is 5.20. The van der Waals surface area contributed by atoms with Crippen LogP contribution in [0.4, 0.5) is 11.4 Å². The minimum atomic E-state index is -0.811. The number of ether oxygens (including phenoxy) is 1. The van der Waals surface area contributed by atoms with E-state index in [-0.39, 0.29) is 12.4 Å². The highest BCUT2D eigenvalue weighted by atomic mass is 16.5. The van der Waals surface area contributed by atoms with Crippen molar-refractivity contribution in [2.75, 3.05) is 12.0 Å². The number of nitrogens with zero attached hydrogens (tertiary/aromatic N) is 5.